The maximum absolute atomic E-state index is 12.1. The number of aromatic nitrogens is 2. The number of nitrogens with one attached hydrogen (secondary N) is 2. The molecule has 0 saturated carbocycles. The zero-order chi connectivity index (χ0) is 17.1. The number of amides is 2. The molecule has 1 aromatic carbocycles. The predicted molar refractivity (Wildman–Crippen MR) is 99.3 cm³/mol. The summed E-state index contributed by atoms with van der Waals surface area (Å²) < 4.78 is 0. The van der Waals surface area contributed by atoms with E-state index in [4.69, 9.17) is 11.6 Å². The molecule has 128 valence electrons. The van der Waals surface area contributed by atoms with E-state index in [0.29, 0.717) is 27.9 Å². The number of carbonyl (C=O) groups excluding carboxylic acids is 1. The average Bonchev–Trinajstić information content (AvgIpc) is 2.97. The number of nitrogens with zero attached hydrogens (tertiary/aromatic N) is 3. The van der Waals surface area contributed by atoms with Gasteiger partial charge in [0.25, 0.3) is 0 Å². The van der Waals surface area contributed by atoms with Gasteiger partial charge < -0.3 is 10.2 Å². The minimum Gasteiger partial charge on any atom is -0.341 e. The topological polar surface area (TPSA) is 70.2 Å². The SMILES string of the molecule is CC1CCCC(C)N1c1nnc(NC(=O)Nc2ccc(Cl)cc2)s1. The van der Waals surface area contributed by atoms with Crippen molar-refractivity contribution in [1.29, 1.82) is 0 Å². The molecule has 0 spiro atoms. The van der Waals surface area contributed by atoms with Crippen molar-refractivity contribution < 1.29 is 4.79 Å². The van der Waals surface area contributed by atoms with Crippen molar-refractivity contribution in [3.63, 3.8) is 0 Å². The highest BCUT2D eigenvalue weighted by Crippen LogP contribution is 2.32. The third-order valence-electron chi connectivity index (χ3n) is 4.15. The number of carbonyl (C=O) groups is 1. The lowest BCUT2D eigenvalue weighted by Gasteiger charge is -2.38. The molecule has 1 aliphatic heterocycles. The smallest absolute Gasteiger partial charge is 0.325 e. The summed E-state index contributed by atoms with van der Waals surface area (Å²) in [5.74, 6) is 0. The first-order valence-corrected chi connectivity index (χ1v) is 9.18. The van der Waals surface area contributed by atoms with Gasteiger partial charge in [0.2, 0.25) is 10.3 Å². The summed E-state index contributed by atoms with van der Waals surface area (Å²) in [7, 11) is 0. The van der Waals surface area contributed by atoms with Crippen molar-refractivity contribution >= 4 is 44.9 Å². The number of hydrogen-bond acceptors (Lipinski definition) is 5. The van der Waals surface area contributed by atoms with Crippen LogP contribution in [0.15, 0.2) is 24.3 Å². The number of urea groups is 1. The van der Waals surface area contributed by atoms with Gasteiger partial charge >= 0.3 is 6.03 Å². The molecular formula is C16H20ClN5OS. The van der Waals surface area contributed by atoms with Crippen molar-refractivity contribution in [3.05, 3.63) is 29.3 Å². The second kappa shape index (κ2) is 7.36. The first-order valence-electron chi connectivity index (χ1n) is 7.98. The lowest BCUT2D eigenvalue weighted by Crippen LogP contribution is -2.43. The lowest BCUT2D eigenvalue weighted by atomic mass is 9.98. The molecule has 0 radical (unpaired) electrons. The van der Waals surface area contributed by atoms with E-state index >= 15 is 0 Å². The second-order valence-electron chi connectivity index (χ2n) is 6.01. The van der Waals surface area contributed by atoms with Crippen LogP contribution in [0, 0.1) is 0 Å². The van der Waals surface area contributed by atoms with Gasteiger partial charge in [-0.3, -0.25) is 5.32 Å². The molecule has 1 saturated heterocycles. The molecule has 2 atom stereocenters. The fraction of sp³-hybridized carbons (Fsp3) is 0.438. The molecule has 0 aliphatic carbocycles. The Morgan fingerprint density at radius 3 is 2.50 bits per heavy atom. The van der Waals surface area contributed by atoms with Gasteiger partial charge in [-0.25, -0.2) is 4.79 Å². The van der Waals surface area contributed by atoms with Gasteiger partial charge in [0, 0.05) is 22.8 Å². The highest BCUT2D eigenvalue weighted by atomic mass is 35.5. The Balaban J connectivity index is 1.63. The molecule has 2 N–H and O–H groups in total. The van der Waals surface area contributed by atoms with Crippen LogP contribution >= 0.6 is 22.9 Å². The molecule has 3 rings (SSSR count). The minimum absolute atomic E-state index is 0.347. The number of benzene rings is 1. The Morgan fingerprint density at radius 1 is 1.17 bits per heavy atom. The fourth-order valence-corrected chi connectivity index (χ4v) is 4.03. The lowest BCUT2D eigenvalue weighted by molar-refractivity contribution is 0.262. The summed E-state index contributed by atoms with van der Waals surface area (Å²) in [6, 6.07) is 7.46. The number of anilines is 3. The van der Waals surface area contributed by atoms with Crippen LogP contribution in [0.3, 0.4) is 0 Å². The van der Waals surface area contributed by atoms with E-state index in [0.717, 1.165) is 18.0 Å². The Bertz CT molecular complexity index is 695. The molecule has 2 unspecified atom stereocenters. The van der Waals surface area contributed by atoms with Crippen molar-refractivity contribution in [2.45, 2.75) is 45.2 Å². The van der Waals surface area contributed by atoms with Crippen molar-refractivity contribution in [2.24, 2.45) is 0 Å². The maximum atomic E-state index is 12.1. The summed E-state index contributed by atoms with van der Waals surface area (Å²) in [4.78, 5) is 14.3. The fourth-order valence-electron chi connectivity index (χ4n) is 2.96. The van der Waals surface area contributed by atoms with Gasteiger partial charge in [0.1, 0.15) is 0 Å². The number of halogens is 1. The Kier molecular flexibility index (Phi) is 5.20. The van der Waals surface area contributed by atoms with Crippen molar-refractivity contribution in [3.8, 4) is 0 Å². The van der Waals surface area contributed by atoms with Crippen LogP contribution in [-0.4, -0.2) is 28.3 Å². The molecule has 2 aromatic rings. The molecule has 2 heterocycles. The molecule has 1 aliphatic rings. The number of piperidine rings is 1. The third kappa shape index (κ3) is 3.96. The molecular weight excluding hydrogens is 346 g/mol. The zero-order valence-electron chi connectivity index (χ0n) is 13.6. The van der Waals surface area contributed by atoms with Crippen LogP contribution in [0.25, 0.3) is 0 Å². The normalized spacial score (nSPS) is 20.7. The van der Waals surface area contributed by atoms with Gasteiger partial charge in [-0.2, -0.15) is 0 Å². The largest absolute Gasteiger partial charge is 0.341 e. The Morgan fingerprint density at radius 2 is 1.83 bits per heavy atom. The maximum Gasteiger partial charge on any atom is 0.325 e. The Labute approximate surface area is 150 Å². The van der Waals surface area contributed by atoms with Gasteiger partial charge in [-0.05, 0) is 57.4 Å². The third-order valence-corrected chi connectivity index (χ3v) is 5.26. The average molecular weight is 366 g/mol. The monoisotopic (exact) mass is 365 g/mol. The highest BCUT2D eigenvalue weighted by Gasteiger charge is 2.27. The van der Waals surface area contributed by atoms with Crippen LogP contribution in [0.4, 0.5) is 20.7 Å². The van der Waals surface area contributed by atoms with Gasteiger partial charge in [-0.15, -0.1) is 10.2 Å². The molecule has 2 amide bonds. The summed E-state index contributed by atoms with van der Waals surface area (Å²) >= 11 is 7.23. The van der Waals surface area contributed by atoms with E-state index in [2.05, 4.69) is 39.6 Å². The van der Waals surface area contributed by atoms with E-state index in [-0.39, 0.29) is 6.03 Å². The first-order chi connectivity index (χ1) is 11.5. The first kappa shape index (κ1) is 17.0. The van der Waals surface area contributed by atoms with E-state index in [1.165, 1.54) is 17.8 Å². The minimum atomic E-state index is -0.347. The highest BCUT2D eigenvalue weighted by molar-refractivity contribution is 7.19. The molecule has 1 fully saturated rings. The van der Waals surface area contributed by atoms with E-state index < -0.39 is 0 Å². The van der Waals surface area contributed by atoms with Crippen molar-refractivity contribution in [2.75, 3.05) is 15.5 Å². The van der Waals surface area contributed by atoms with Crippen LogP contribution < -0.4 is 15.5 Å². The Hall–Kier alpha value is -1.86. The summed E-state index contributed by atoms with van der Waals surface area (Å²) in [5.41, 5.74) is 0.667. The summed E-state index contributed by atoms with van der Waals surface area (Å²) in [6.45, 7) is 4.41. The zero-order valence-corrected chi connectivity index (χ0v) is 15.2. The van der Waals surface area contributed by atoms with E-state index in [9.17, 15) is 4.79 Å². The summed E-state index contributed by atoms with van der Waals surface area (Å²) in [6.07, 6.45) is 3.56. The van der Waals surface area contributed by atoms with Crippen molar-refractivity contribution in [1.82, 2.24) is 10.2 Å². The number of rotatable bonds is 3. The van der Waals surface area contributed by atoms with Gasteiger partial charge in [-0.1, -0.05) is 22.9 Å². The van der Waals surface area contributed by atoms with Crippen LogP contribution in [-0.2, 0) is 0 Å². The quantitative estimate of drug-likeness (QED) is 0.833. The van der Waals surface area contributed by atoms with Gasteiger partial charge in [0.15, 0.2) is 0 Å². The van der Waals surface area contributed by atoms with Crippen LogP contribution in [0.5, 0.6) is 0 Å². The molecule has 1 aromatic heterocycles. The molecule has 6 nitrogen and oxygen atoms in total. The standard InChI is InChI=1S/C16H20ClN5OS/c1-10-4-3-5-11(2)22(10)16-21-20-15(24-16)19-14(23)18-13-8-6-12(17)7-9-13/h6-11H,3-5H2,1-2H3,(H2,18,19,20,23). The van der Waals surface area contributed by atoms with E-state index in [1.54, 1.807) is 24.3 Å². The van der Waals surface area contributed by atoms with Crippen LogP contribution in [0.1, 0.15) is 33.1 Å². The van der Waals surface area contributed by atoms with E-state index in [1.807, 2.05) is 0 Å². The van der Waals surface area contributed by atoms with Crippen LogP contribution in [0.2, 0.25) is 5.02 Å². The second-order valence-corrected chi connectivity index (χ2v) is 7.40. The summed E-state index contributed by atoms with van der Waals surface area (Å²) in [5, 5.41) is 15.8. The number of hydrogen-bond donors (Lipinski definition) is 2. The van der Waals surface area contributed by atoms with Gasteiger partial charge in [0.05, 0.1) is 0 Å². The molecule has 8 heteroatoms. The molecule has 24 heavy (non-hydrogen) atoms. The molecule has 0 bridgehead atoms. The predicted octanol–water partition coefficient (Wildman–Crippen LogP) is 4.60.